The van der Waals surface area contributed by atoms with Crippen LogP contribution < -0.4 is 14.4 Å². The summed E-state index contributed by atoms with van der Waals surface area (Å²) in [5, 5.41) is 0. The fourth-order valence-corrected chi connectivity index (χ4v) is 6.45. The average molecular weight is 538 g/mol. The maximum atomic E-state index is 13.7. The molecule has 1 amide bonds. The normalized spacial score (nSPS) is 18.4. The molecular weight excluding hydrogens is 509 g/mol. The average Bonchev–Trinajstić information content (AvgIpc) is 2.97. The molecule has 1 heterocycles. The van der Waals surface area contributed by atoms with Crippen molar-refractivity contribution in [3.05, 3.63) is 126 Å². The first-order valence-corrected chi connectivity index (χ1v) is 14.0. The van der Waals surface area contributed by atoms with Gasteiger partial charge in [-0.05, 0) is 85.0 Å². The molecular formula is C33H28FNO3S. The second-order valence-corrected chi connectivity index (χ2v) is 10.6. The second-order valence-electron chi connectivity index (χ2n) is 9.50. The lowest BCUT2D eigenvalue weighted by molar-refractivity contribution is -0.133. The van der Waals surface area contributed by atoms with Crippen LogP contribution >= 0.6 is 11.8 Å². The number of amides is 1. The van der Waals surface area contributed by atoms with Gasteiger partial charge in [-0.2, -0.15) is 0 Å². The zero-order valence-corrected chi connectivity index (χ0v) is 22.4. The van der Waals surface area contributed by atoms with E-state index in [1.165, 1.54) is 17.7 Å². The Labute approximate surface area is 232 Å². The molecule has 1 saturated heterocycles. The van der Waals surface area contributed by atoms with Gasteiger partial charge in [0.25, 0.3) is 5.91 Å². The number of β-lactam (4-membered cyclic amide) rings is 1. The van der Waals surface area contributed by atoms with E-state index in [0.29, 0.717) is 12.4 Å². The lowest BCUT2D eigenvalue weighted by Crippen LogP contribution is -2.68. The topological polar surface area (TPSA) is 38.8 Å². The van der Waals surface area contributed by atoms with Gasteiger partial charge < -0.3 is 9.47 Å². The number of hydrogen-bond acceptors (Lipinski definition) is 4. The van der Waals surface area contributed by atoms with Gasteiger partial charge in [0.05, 0.1) is 6.61 Å². The summed E-state index contributed by atoms with van der Waals surface area (Å²) in [5.41, 5.74) is 4.34. The molecule has 1 aliphatic heterocycles. The van der Waals surface area contributed by atoms with Gasteiger partial charge in [-0.15, -0.1) is 0 Å². The number of carbonyl (C=O) groups excluding carboxylic acids is 1. The SMILES string of the molecule is CCOc1cccc(N2C(=O)C(Oc3ccccc3)C2C2=C(Sc3ccc(F)cc3)c3ccccc3CC2)c1. The van der Waals surface area contributed by atoms with E-state index in [1.807, 2.05) is 72.5 Å². The van der Waals surface area contributed by atoms with Crippen LogP contribution in [0.1, 0.15) is 24.5 Å². The minimum atomic E-state index is -0.660. The third-order valence-corrected chi connectivity index (χ3v) is 8.26. The fraction of sp³-hybridized carbons (Fsp3) is 0.182. The predicted molar refractivity (Wildman–Crippen MR) is 154 cm³/mol. The van der Waals surface area contributed by atoms with Crippen molar-refractivity contribution in [2.45, 2.75) is 36.8 Å². The summed E-state index contributed by atoms with van der Waals surface area (Å²) < 4.78 is 25.8. The highest BCUT2D eigenvalue weighted by atomic mass is 32.2. The van der Waals surface area contributed by atoms with Crippen molar-refractivity contribution in [2.24, 2.45) is 0 Å². The Morgan fingerprint density at radius 1 is 0.872 bits per heavy atom. The molecule has 0 bridgehead atoms. The molecule has 1 fully saturated rings. The molecule has 196 valence electrons. The minimum absolute atomic E-state index is 0.0880. The molecule has 0 saturated carbocycles. The van der Waals surface area contributed by atoms with E-state index >= 15 is 0 Å². The Kier molecular flexibility index (Phi) is 7.12. The van der Waals surface area contributed by atoms with Crippen LogP contribution in [0.25, 0.3) is 4.91 Å². The first-order valence-electron chi connectivity index (χ1n) is 13.1. The molecule has 0 N–H and O–H groups in total. The minimum Gasteiger partial charge on any atom is -0.494 e. The number of halogens is 1. The summed E-state index contributed by atoms with van der Waals surface area (Å²) in [6.45, 7) is 2.48. The van der Waals surface area contributed by atoms with Crippen LogP contribution in [0.15, 0.2) is 114 Å². The summed E-state index contributed by atoms with van der Waals surface area (Å²) in [5.74, 6) is 1.03. The fourth-order valence-electron chi connectivity index (χ4n) is 5.28. The van der Waals surface area contributed by atoms with Gasteiger partial charge in [0, 0.05) is 21.6 Å². The summed E-state index contributed by atoms with van der Waals surface area (Å²) >= 11 is 1.61. The van der Waals surface area contributed by atoms with Crippen LogP contribution in [0.5, 0.6) is 11.5 Å². The van der Waals surface area contributed by atoms with Crippen LogP contribution in [0.4, 0.5) is 10.1 Å². The van der Waals surface area contributed by atoms with Crippen LogP contribution in [0, 0.1) is 5.82 Å². The molecule has 2 atom stereocenters. The van der Waals surface area contributed by atoms with Crippen LogP contribution in [-0.2, 0) is 11.2 Å². The molecule has 0 radical (unpaired) electrons. The summed E-state index contributed by atoms with van der Waals surface area (Å²) in [4.78, 5) is 17.6. The van der Waals surface area contributed by atoms with Crippen molar-refractivity contribution in [1.82, 2.24) is 0 Å². The number of carbonyl (C=O) groups is 1. The number of hydrogen-bond donors (Lipinski definition) is 0. The number of benzene rings is 4. The lowest BCUT2D eigenvalue weighted by Gasteiger charge is -2.49. The van der Waals surface area contributed by atoms with E-state index < -0.39 is 6.10 Å². The van der Waals surface area contributed by atoms with Crippen molar-refractivity contribution in [3.8, 4) is 11.5 Å². The Morgan fingerprint density at radius 2 is 1.62 bits per heavy atom. The number of para-hydroxylation sites is 1. The van der Waals surface area contributed by atoms with E-state index in [4.69, 9.17) is 9.47 Å². The quantitative estimate of drug-likeness (QED) is 0.218. The summed E-state index contributed by atoms with van der Waals surface area (Å²) in [6, 6.07) is 31.8. The number of ether oxygens (including phenoxy) is 2. The third kappa shape index (κ3) is 5.04. The van der Waals surface area contributed by atoms with Gasteiger partial charge in [0.15, 0.2) is 0 Å². The molecule has 4 nitrogen and oxygen atoms in total. The smallest absolute Gasteiger partial charge is 0.271 e. The van der Waals surface area contributed by atoms with Crippen molar-refractivity contribution >= 4 is 28.3 Å². The monoisotopic (exact) mass is 537 g/mol. The van der Waals surface area contributed by atoms with Crippen molar-refractivity contribution in [2.75, 3.05) is 11.5 Å². The van der Waals surface area contributed by atoms with Gasteiger partial charge >= 0.3 is 0 Å². The Hall–Kier alpha value is -4.03. The maximum absolute atomic E-state index is 13.7. The van der Waals surface area contributed by atoms with Gasteiger partial charge in [-0.25, -0.2) is 4.39 Å². The molecule has 39 heavy (non-hydrogen) atoms. The summed E-state index contributed by atoms with van der Waals surface area (Å²) in [7, 11) is 0. The molecule has 0 spiro atoms. The van der Waals surface area contributed by atoms with E-state index in [1.54, 1.807) is 23.9 Å². The van der Waals surface area contributed by atoms with E-state index in [2.05, 4.69) is 18.2 Å². The number of aryl methyl sites for hydroxylation is 1. The Balaban J connectivity index is 1.47. The lowest BCUT2D eigenvalue weighted by atomic mass is 9.81. The predicted octanol–water partition coefficient (Wildman–Crippen LogP) is 7.54. The molecule has 6 heteroatoms. The first kappa shape index (κ1) is 25.3. The van der Waals surface area contributed by atoms with Crippen molar-refractivity contribution in [3.63, 3.8) is 0 Å². The Bertz CT molecular complexity index is 1520. The number of nitrogens with zero attached hydrogens (tertiary/aromatic N) is 1. The van der Waals surface area contributed by atoms with Gasteiger partial charge in [-0.3, -0.25) is 9.69 Å². The van der Waals surface area contributed by atoms with Gasteiger partial charge in [0.1, 0.15) is 23.4 Å². The van der Waals surface area contributed by atoms with Crippen molar-refractivity contribution < 1.29 is 18.7 Å². The number of thioether (sulfide) groups is 1. The zero-order valence-electron chi connectivity index (χ0n) is 21.5. The van der Waals surface area contributed by atoms with Gasteiger partial charge in [0.2, 0.25) is 6.10 Å². The first-order chi connectivity index (χ1) is 19.1. The van der Waals surface area contributed by atoms with E-state index in [0.717, 1.165) is 45.2 Å². The molecule has 4 aromatic carbocycles. The highest BCUT2D eigenvalue weighted by Gasteiger charge is 2.53. The summed E-state index contributed by atoms with van der Waals surface area (Å²) in [6.07, 6.45) is 0.996. The zero-order chi connectivity index (χ0) is 26.8. The number of rotatable bonds is 8. The van der Waals surface area contributed by atoms with E-state index in [9.17, 15) is 9.18 Å². The molecule has 2 unspecified atom stereocenters. The molecule has 4 aromatic rings. The maximum Gasteiger partial charge on any atom is 0.271 e. The largest absolute Gasteiger partial charge is 0.494 e. The molecule has 6 rings (SSSR count). The number of anilines is 1. The highest BCUT2D eigenvalue weighted by Crippen LogP contribution is 2.48. The van der Waals surface area contributed by atoms with Crippen molar-refractivity contribution in [1.29, 1.82) is 0 Å². The van der Waals surface area contributed by atoms with Crippen LogP contribution in [-0.4, -0.2) is 24.7 Å². The standard InChI is InChI=1S/C33H28FNO3S/c1-2-37-26-13-8-10-24(21-26)35-30(31(33(35)36)38-25-11-4-3-5-12-25)29-20-15-22-9-6-7-14-28(22)32(29)39-27-18-16-23(34)17-19-27/h3-14,16-19,21,30-31H,2,15,20H2,1H3. The van der Waals surface area contributed by atoms with Crippen LogP contribution in [0.2, 0.25) is 0 Å². The molecule has 2 aliphatic rings. The molecule has 1 aliphatic carbocycles. The number of fused-ring (bicyclic) bond motifs is 1. The molecule has 0 aromatic heterocycles. The highest BCUT2D eigenvalue weighted by molar-refractivity contribution is 8.08. The third-order valence-electron chi connectivity index (χ3n) is 7.07. The second kappa shape index (κ2) is 11.0. The Morgan fingerprint density at radius 3 is 2.41 bits per heavy atom. The van der Waals surface area contributed by atoms with Crippen LogP contribution in [0.3, 0.4) is 0 Å². The van der Waals surface area contributed by atoms with Gasteiger partial charge in [-0.1, -0.05) is 60.3 Å². The van der Waals surface area contributed by atoms with E-state index in [-0.39, 0.29) is 17.8 Å².